The maximum atomic E-state index is 11.0. The fourth-order valence-corrected chi connectivity index (χ4v) is 2.28. The Kier molecular flexibility index (Phi) is 3.97. The number of allylic oxidation sites excluding steroid dienone is 1. The number of aryl methyl sites for hydroxylation is 1. The molecule has 1 aromatic rings. The highest BCUT2D eigenvalue weighted by Crippen LogP contribution is 2.31. The summed E-state index contributed by atoms with van der Waals surface area (Å²) in [5.41, 5.74) is 14.6. The van der Waals surface area contributed by atoms with E-state index in [0.29, 0.717) is 6.54 Å². The number of fused-ring (bicyclic) bond motifs is 1. The van der Waals surface area contributed by atoms with Crippen molar-refractivity contribution in [1.82, 2.24) is 5.32 Å². The summed E-state index contributed by atoms with van der Waals surface area (Å²) < 4.78 is 0. The number of nitrogens with two attached hydrogens (primary N) is 2. The van der Waals surface area contributed by atoms with Gasteiger partial charge in [-0.1, -0.05) is 18.2 Å². The smallest absolute Gasteiger partial charge is 0.242 e. The number of carbonyl (C=O) groups is 2. The molecule has 0 spiro atoms. The van der Waals surface area contributed by atoms with Crippen molar-refractivity contribution >= 4 is 12.1 Å². The molecule has 1 aliphatic rings. The molecule has 0 aliphatic heterocycles. The van der Waals surface area contributed by atoms with Crippen molar-refractivity contribution in [2.75, 3.05) is 0 Å². The standard InChI is InChI=1S/C14H17N3O2/c15-6-9-1-2-10-3-4-13(11(10)5-9)17-7-12(16)14(19)8-18/h1-2,5,7-8,13,17H,3-4,6,15-16H2/b12-7-. The number of benzene rings is 1. The van der Waals surface area contributed by atoms with Gasteiger partial charge in [0.25, 0.3) is 0 Å². The van der Waals surface area contributed by atoms with Gasteiger partial charge in [0.1, 0.15) is 0 Å². The van der Waals surface area contributed by atoms with Gasteiger partial charge in [0, 0.05) is 12.7 Å². The number of hydrogen-bond donors (Lipinski definition) is 3. The Morgan fingerprint density at radius 1 is 1.47 bits per heavy atom. The topological polar surface area (TPSA) is 98.2 Å². The van der Waals surface area contributed by atoms with Crippen LogP contribution in [-0.4, -0.2) is 12.1 Å². The maximum absolute atomic E-state index is 11.0. The van der Waals surface area contributed by atoms with Crippen LogP contribution in [-0.2, 0) is 22.6 Å². The highest BCUT2D eigenvalue weighted by molar-refractivity contribution is 6.32. The molecule has 0 aromatic heterocycles. The second-order valence-electron chi connectivity index (χ2n) is 4.58. The highest BCUT2D eigenvalue weighted by atomic mass is 16.2. The van der Waals surface area contributed by atoms with E-state index in [4.69, 9.17) is 11.5 Å². The van der Waals surface area contributed by atoms with Crippen LogP contribution in [0.2, 0.25) is 0 Å². The van der Waals surface area contributed by atoms with E-state index in [-0.39, 0.29) is 18.0 Å². The maximum Gasteiger partial charge on any atom is 0.242 e. The Morgan fingerprint density at radius 2 is 2.26 bits per heavy atom. The van der Waals surface area contributed by atoms with Crippen molar-refractivity contribution in [2.24, 2.45) is 11.5 Å². The molecule has 0 fully saturated rings. The van der Waals surface area contributed by atoms with Crippen LogP contribution in [0.3, 0.4) is 0 Å². The molecule has 2 rings (SSSR count). The molecular formula is C14H17N3O2. The second kappa shape index (κ2) is 5.67. The van der Waals surface area contributed by atoms with Gasteiger partial charge in [-0.15, -0.1) is 0 Å². The normalized spacial score (nSPS) is 17.9. The molecule has 100 valence electrons. The van der Waals surface area contributed by atoms with Crippen LogP contribution in [0.5, 0.6) is 0 Å². The molecule has 5 nitrogen and oxygen atoms in total. The first-order valence-corrected chi connectivity index (χ1v) is 6.18. The van der Waals surface area contributed by atoms with E-state index >= 15 is 0 Å². The lowest BCUT2D eigenvalue weighted by Crippen LogP contribution is -2.19. The zero-order valence-corrected chi connectivity index (χ0v) is 10.6. The van der Waals surface area contributed by atoms with E-state index in [9.17, 15) is 9.59 Å². The Morgan fingerprint density at radius 3 is 2.95 bits per heavy atom. The molecule has 0 heterocycles. The number of Topliss-reactive ketones (excluding diaryl/α,β-unsaturated/α-hetero) is 1. The van der Waals surface area contributed by atoms with Gasteiger partial charge < -0.3 is 16.8 Å². The van der Waals surface area contributed by atoms with Crippen LogP contribution in [0.1, 0.15) is 29.2 Å². The Bertz CT molecular complexity index is 537. The lowest BCUT2D eigenvalue weighted by atomic mass is 10.0. The van der Waals surface area contributed by atoms with Crippen molar-refractivity contribution in [1.29, 1.82) is 0 Å². The molecule has 19 heavy (non-hydrogen) atoms. The molecule has 0 radical (unpaired) electrons. The predicted molar refractivity (Wildman–Crippen MR) is 71.9 cm³/mol. The summed E-state index contributed by atoms with van der Waals surface area (Å²) >= 11 is 0. The van der Waals surface area contributed by atoms with Crippen molar-refractivity contribution in [2.45, 2.75) is 25.4 Å². The van der Waals surface area contributed by atoms with Crippen molar-refractivity contribution < 1.29 is 9.59 Å². The number of aldehydes is 1. The van der Waals surface area contributed by atoms with E-state index in [0.717, 1.165) is 18.4 Å². The molecule has 1 unspecified atom stereocenters. The number of ketones is 1. The zero-order chi connectivity index (χ0) is 13.8. The number of nitrogens with one attached hydrogen (secondary N) is 1. The summed E-state index contributed by atoms with van der Waals surface area (Å²) in [5.74, 6) is -0.707. The summed E-state index contributed by atoms with van der Waals surface area (Å²) in [6, 6.07) is 6.30. The fraction of sp³-hybridized carbons (Fsp3) is 0.286. The van der Waals surface area contributed by atoms with Crippen LogP contribution in [0, 0.1) is 0 Å². The third-order valence-electron chi connectivity index (χ3n) is 3.36. The van der Waals surface area contributed by atoms with Gasteiger partial charge in [-0.3, -0.25) is 9.59 Å². The third-order valence-corrected chi connectivity index (χ3v) is 3.36. The second-order valence-corrected chi connectivity index (χ2v) is 4.58. The molecule has 5 N–H and O–H groups in total. The minimum absolute atomic E-state index is 0.0709. The molecule has 0 saturated heterocycles. The molecule has 1 aromatic carbocycles. The molecule has 1 aliphatic carbocycles. The predicted octanol–water partition coefficient (Wildman–Crippen LogP) is 0.290. The van der Waals surface area contributed by atoms with Gasteiger partial charge >= 0.3 is 0 Å². The van der Waals surface area contributed by atoms with Crippen LogP contribution in [0.15, 0.2) is 30.1 Å². The van der Waals surface area contributed by atoms with Crippen molar-refractivity contribution in [3.05, 3.63) is 46.8 Å². The van der Waals surface area contributed by atoms with Crippen molar-refractivity contribution in [3.8, 4) is 0 Å². The summed E-state index contributed by atoms with van der Waals surface area (Å²) in [7, 11) is 0. The van der Waals surface area contributed by atoms with E-state index < -0.39 is 5.78 Å². The first kappa shape index (κ1) is 13.3. The number of rotatable bonds is 5. The summed E-state index contributed by atoms with van der Waals surface area (Å²) in [5, 5.41) is 3.10. The Labute approximate surface area is 111 Å². The van der Waals surface area contributed by atoms with E-state index in [1.54, 1.807) is 0 Å². The molecule has 0 amide bonds. The summed E-state index contributed by atoms with van der Waals surface area (Å²) in [6.45, 7) is 0.502. The van der Waals surface area contributed by atoms with Crippen LogP contribution < -0.4 is 16.8 Å². The Balaban J connectivity index is 2.14. The van der Waals surface area contributed by atoms with Gasteiger partial charge in [0.2, 0.25) is 5.78 Å². The first-order chi connectivity index (χ1) is 9.15. The van der Waals surface area contributed by atoms with Gasteiger partial charge in [-0.2, -0.15) is 0 Å². The van der Waals surface area contributed by atoms with E-state index in [1.807, 2.05) is 6.07 Å². The summed E-state index contributed by atoms with van der Waals surface area (Å²) in [6.07, 6.45) is 3.53. The van der Waals surface area contributed by atoms with Crippen molar-refractivity contribution in [3.63, 3.8) is 0 Å². The molecule has 0 bridgehead atoms. The average Bonchev–Trinajstić information content (AvgIpc) is 2.85. The SMILES string of the molecule is NCc1ccc2c(c1)C(N/C=C(\N)C(=O)C=O)CC2. The molecule has 5 heteroatoms. The molecule has 1 atom stereocenters. The van der Waals surface area contributed by atoms with Crippen LogP contribution in [0.25, 0.3) is 0 Å². The molecular weight excluding hydrogens is 242 g/mol. The van der Waals surface area contributed by atoms with Crippen LogP contribution >= 0.6 is 0 Å². The monoisotopic (exact) mass is 259 g/mol. The third kappa shape index (κ3) is 2.82. The Hall–Kier alpha value is -2.14. The van der Waals surface area contributed by atoms with Crippen LogP contribution in [0.4, 0.5) is 0 Å². The van der Waals surface area contributed by atoms with E-state index in [2.05, 4.69) is 17.4 Å². The summed E-state index contributed by atoms with van der Waals surface area (Å²) in [4.78, 5) is 21.4. The van der Waals surface area contributed by atoms with Gasteiger partial charge in [0.15, 0.2) is 6.29 Å². The lowest BCUT2D eigenvalue weighted by molar-refractivity contribution is -0.127. The molecule has 0 saturated carbocycles. The average molecular weight is 259 g/mol. The van der Waals surface area contributed by atoms with E-state index in [1.165, 1.54) is 17.3 Å². The zero-order valence-electron chi connectivity index (χ0n) is 10.6. The quantitative estimate of drug-likeness (QED) is 0.401. The number of carbonyl (C=O) groups excluding carboxylic acids is 2. The van der Waals surface area contributed by atoms with Gasteiger partial charge in [-0.05, 0) is 29.5 Å². The lowest BCUT2D eigenvalue weighted by Gasteiger charge is -2.13. The largest absolute Gasteiger partial charge is 0.394 e. The first-order valence-electron chi connectivity index (χ1n) is 6.18. The highest BCUT2D eigenvalue weighted by Gasteiger charge is 2.21. The fourth-order valence-electron chi connectivity index (χ4n) is 2.28. The van der Waals surface area contributed by atoms with Gasteiger partial charge in [-0.25, -0.2) is 0 Å². The number of hydrogen-bond acceptors (Lipinski definition) is 5. The minimum atomic E-state index is -0.707. The minimum Gasteiger partial charge on any atom is -0.394 e. The van der Waals surface area contributed by atoms with Gasteiger partial charge in [0.05, 0.1) is 11.7 Å².